The Hall–Kier alpha value is -1.05. The average molecular weight is 124 g/mol. The number of rotatable bonds is 2. The third-order valence-corrected chi connectivity index (χ3v) is 1.28. The van der Waals surface area contributed by atoms with E-state index < -0.39 is 0 Å². The average Bonchev–Trinajstić information content (AvgIpc) is 2.33. The predicted molar refractivity (Wildman–Crippen MR) is 33.5 cm³/mol. The van der Waals surface area contributed by atoms with Crippen molar-refractivity contribution in [2.45, 2.75) is 13.3 Å². The summed E-state index contributed by atoms with van der Waals surface area (Å²) >= 11 is 0. The highest BCUT2D eigenvalue weighted by molar-refractivity contribution is 5.76. The van der Waals surface area contributed by atoms with Crippen LogP contribution < -0.4 is 0 Å². The molecule has 1 heterocycles. The van der Waals surface area contributed by atoms with Crippen molar-refractivity contribution in [3.63, 3.8) is 0 Å². The topological polar surface area (TPSA) is 30.2 Å². The van der Waals surface area contributed by atoms with Gasteiger partial charge in [0.1, 0.15) is 6.26 Å². The smallest absolute Gasteiger partial charge is 0.153 e. The molecule has 48 valence electrons. The van der Waals surface area contributed by atoms with Crippen molar-refractivity contribution in [2.24, 2.45) is 0 Å². The molecule has 0 aliphatic heterocycles. The molecule has 0 saturated carbocycles. The van der Waals surface area contributed by atoms with Crippen LogP contribution in [0, 0.1) is 0 Å². The quantitative estimate of drug-likeness (QED) is 0.561. The van der Waals surface area contributed by atoms with Gasteiger partial charge >= 0.3 is 0 Å². The van der Waals surface area contributed by atoms with Gasteiger partial charge in [-0.3, -0.25) is 4.79 Å². The molecule has 0 amide bonds. The van der Waals surface area contributed by atoms with Crippen molar-refractivity contribution >= 4 is 6.29 Å². The molecule has 0 saturated heterocycles. The maximum Gasteiger partial charge on any atom is 0.153 e. The fourth-order valence-corrected chi connectivity index (χ4v) is 0.724. The van der Waals surface area contributed by atoms with Crippen LogP contribution in [0.15, 0.2) is 16.9 Å². The molecule has 0 fully saturated rings. The van der Waals surface area contributed by atoms with Crippen molar-refractivity contribution in [1.29, 1.82) is 0 Å². The summed E-state index contributed by atoms with van der Waals surface area (Å²) in [6.07, 6.45) is 4.72. The van der Waals surface area contributed by atoms with Gasteiger partial charge in [-0.25, -0.2) is 0 Å². The first kappa shape index (κ1) is 6.08. The summed E-state index contributed by atoms with van der Waals surface area (Å²) in [6, 6.07) is 0. The van der Waals surface area contributed by atoms with E-state index in [4.69, 9.17) is 4.42 Å². The van der Waals surface area contributed by atoms with Gasteiger partial charge in [0.2, 0.25) is 0 Å². The van der Waals surface area contributed by atoms with Gasteiger partial charge in [-0.05, 0) is 6.42 Å². The minimum Gasteiger partial charge on any atom is -0.472 e. The molecule has 2 nitrogen and oxygen atoms in total. The molecule has 9 heavy (non-hydrogen) atoms. The third-order valence-electron chi connectivity index (χ3n) is 1.28. The van der Waals surface area contributed by atoms with Gasteiger partial charge in [0.15, 0.2) is 6.29 Å². The number of hydrogen-bond acceptors (Lipinski definition) is 2. The van der Waals surface area contributed by atoms with Crippen molar-refractivity contribution in [1.82, 2.24) is 0 Å². The first-order valence-electron chi connectivity index (χ1n) is 2.88. The lowest BCUT2D eigenvalue weighted by atomic mass is 10.2. The van der Waals surface area contributed by atoms with Crippen molar-refractivity contribution < 1.29 is 9.21 Å². The van der Waals surface area contributed by atoms with E-state index >= 15 is 0 Å². The fraction of sp³-hybridized carbons (Fsp3) is 0.286. The van der Waals surface area contributed by atoms with Crippen LogP contribution in [0.2, 0.25) is 0 Å². The molecule has 0 unspecified atom stereocenters. The van der Waals surface area contributed by atoms with Gasteiger partial charge in [0.25, 0.3) is 0 Å². The largest absolute Gasteiger partial charge is 0.472 e. The molecule has 0 aliphatic rings. The highest BCUT2D eigenvalue weighted by atomic mass is 16.3. The summed E-state index contributed by atoms with van der Waals surface area (Å²) in [5.74, 6) is 0. The molecule has 0 radical (unpaired) electrons. The van der Waals surface area contributed by atoms with E-state index in [0.717, 1.165) is 18.3 Å². The maximum atomic E-state index is 10.2. The first-order valence-corrected chi connectivity index (χ1v) is 2.88. The third kappa shape index (κ3) is 1.02. The summed E-state index contributed by atoms with van der Waals surface area (Å²) in [7, 11) is 0. The summed E-state index contributed by atoms with van der Waals surface area (Å²) in [6.45, 7) is 1.98. The lowest BCUT2D eigenvalue weighted by Gasteiger charge is -1.84. The number of hydrogen-bond donors (Lipinski definition) is 0. The molecule has 1 aromatic rings. The predicted octanol–water partition coefficient (Wildman–Crippen LogP) is 1.65. The fourth-order valence-electron chi connectivity index (χ4n) is 0.724. The van der Waals surface area contributed by atoms with Gasteiger partial charge in [-0.2, -0.15) is 0 Å². The van der Waals surface area contributed by atoms with E-state index in [2.05, 4.69) is 0 Å². The van der Waals surface area contributed by atoms with E-state index in [0.29, 0.717) is 5.56 Å². The molecule has 0 bridgehead atoms. The second-order valence-electron chi connectivity index (χ2n) is 1.82. The maximum absolute atomic E-state index is 10.2. The summed E-state index contributed by atoms with van der Waals surface area (Å²) < 4.78 is 4.80. The van der Waals surface area contributed by atoms with Crippen LogP contribution >= 0.6 is 0 Å². The van der Waals surface area contributed by atoms with E-state index in [-0.39, 0.29) is 0 Å². The van der Waals surface area contributed by atoms with Crippen LogP contribution in [0.25, 0.3) is 0 Å². The molecule has 0 aliphatic carbocycles. The molecule has 1 rings (SSSR count). The van der Waals surface area contributed by atoms with Crippen LogP contribution in [-0.4, -0.2) is 6.29 Å². The number of carbonyl (C=O) groups is 1. The zero-order valence-electron chi connectivity index (χ0n) is 5.26. The van der Waals surface area contributed by atoms with Crippen molar-refractivity contribution in [3.8, 4) is 0 Å². The van der Waals surface area contributed by atoms with Gasteiger partial charge < -0.3 is 4.42 Å². The molecular formula is C7H8O2. The van der Waals surface area contributed by atoms with Gasteiger partial charge in [0.05, 0.1) is 11.8 Å². The SMILES string of the molecule is CCc1cocc1C=O. The van der Waals surface area contributed by atoms with Gasteiger partial charge in [-0.1, -0.05) is 6.92 Å². The van der Waals surface area contributed by atoms with E-state index in [9.17, 15) is 4.79 Å². The molecular weight excluding hydrogens is 116 g/mol. The Morgan fingerprint density at radius 2 is 2.44 bits per heavy atom. The van der Waals surface area contributed by atoms with E-state index in [1.54, 1.807) is 6.26 Å². The zero-order chi connectivity index (χ0) is 6.69. The summed E-state index contributed by atoms with van der Waals surface area (Å²) in [5.41, 5.74) is 1.64. The monoisotopic (exact) mass is 124 g/mol. The molecule has 0 spiro atoms. The highest BCUT2D eigenvalue weighted by Gasteiger charge is 1.99. The standard InChI is InChI=1S/C7H8O2/c1-2-6-4-9-5-7(6)3-8/h3-5H,2H2,1H3. The first-order chi connectivity index (χ1) is 4.38. The van der Waals surface area contributed by atoms with Gasteiger partial charge in [0, 0.05) is 5.56 Å². The van der Waals surface area contributed by atoms with Crippen LogP contribution in [0.5, 0.6) is 0 Å². The normalized spacial score (nSPS) is 9.44. The summed E-state index contributed by atoms with van der Waals surface area (Å²) in [5, 5.41) is 0. The Morgan fingerprint density at radius 1 is 1.67 bits per heavy atom. The van der Waals surface area contributed by atoms with E-state index in [1.165, 1.54) is 6.26 Å². The molecule has 2 heteroatoms. The molecule has 0 aromatic carbocycles. The summed E-state index contributed by atoms with van der Waals surface area (Å²) in [4.78, 5) is 10.2. The van der Waals surface area contributed by atoms with Gasteiger partial charge in [-0.15, -0.1) is 0 Å². The lowest BCUT2D eigenvalue weighted by Crippen LogP contribution is -1.81. The van der Waals surface area contributed by atoms with Crippen LogP contribution in [0.1, 0.15) is 22.8 Å². The van der Waals surface area contributed by atoms with Crippen LogP contribution in [-0.2, 0) is 6.42 Å². The Bertz CT molecular complexity index is 200. The Morgan fingerprint density at radius 3 is 2.89 bits per heavy atom. The second-order valence-corrected chi connectivity index (χ2v) is 1.82. The molecule has 0 N–H and O–H groups in total. The zero-order valence-corrected chi connectivity index (χ0v) is 5.26. The highest BCUT2D eigenvalue weighted by Crippen LogP contribution is 2.07. The number of carbonyl (C=O) groups excluding carboxylic acids is 1. The number of aldehydes is 1. The number of aryl methyl sites for hydroxylation is 1. The van der Waals surface area contributed by atoms with E-state index in [1.807, 2.05) is 6.92 Å². The Balaban J connectivity index is 2.98. The van der Waals surface area contributed by atoms with Crippen LogP contribution in [0.3, 0.4) is 0 Å². The number of furan rings is 1. The Labute approximate surface area is 53.5 Å². The minimum atomic E-state index is 0.664. The Kier molecular flexibility index (Phi) is 1.68. The van der Waals surface area contributed by atoms with Crippen LogP contribution in [0.4, 0.5) is 0 Å². The second kappa shape index (κ2) is 2.49. The molecule has 1 aromatic heterocycles. The minimum absolute atomic E-state index is 0.664. The molecule has 0 atom stereocenters. The lowest BCUT2D eigenvalue weighted by molar-refractivity contribution is 0.112. The van der Waals surface area contributed by atoms with Crippen molar-refractivity contribution in [2.75, 3.05) is 0 Å². The van der Waals surface area contributed by atoms with Crippen molar-refractivity contribution in [3.05, 3.63) is 23.7 Å².